The van der Waals surface area contributed by atoms with E-state index >= 15 is 0 Å². The van der Waals surface area contributed by atoms with Crippen LogP contribution < -0.4 is 5.32 Å². The van der Waals surface area contributed by atoms with Crippen LogP contribution in [0.15, 0.2) is 18.2 Å². The largest absolute Gasteiger partial charge is 0.467 e. The van der Waals surface area contributed by atoms with Crippen molar-refractivity contribution in [3.8, 4) is 0 Å². The molecule has 0 saturated carbocycles. The van der Waals surface area contributed by atoms with Gasteiger partial charge < -0.3 is 14.8 Å². The van der Waals surface area contributed by atoms with E-state index in [1.54, 1.807) is 20.8 Å². The Morgan fingerprint density at radius 1 is 1.38 bits per heavy atom. The zero-order valence-corrected chi connectivity index (χ0v) is 13.8. The molecule has 24 heavy (non-hydrogen) atoms. The van der Waals surface area contributed by atoms with Gasteiger partial charge in [0.2, 0.25) is 5.82 Å². The van der Waals surface area contributed by atoms with Crippen molar-refractivity contribution < 1.29 is 28.4 Å². The van der Waals surface area contributed by atoms with Gasteiger partial charge in [-0.05, 0) is 26.8 Å². The van der Waals surface area contributed by atoms with Crippen LogP contribution in [0.25, 0.3) is 0 Å². The summed E-state index contributed by atoms with van der Waals surface area (Å²) < 4.78 is 23.3. The van der Waals surface area contributed by atoms with Crippen molar-refractivity contribution in [1.29, 1.82) is 0 Å². The molecule has 0 saturated heterocycles. The lowest BCUT2D eigenvalue weighted by Crippen LogP contribution is -2.45. The maximum atomic E-state index is 13.6. The predicted molar refractivity (Wildman–Crippen MR) is 81.9 cm³/mol. The topological polar surface area (TPSA) is 108 Å². The quantitative estimate of drug-likeness (QED) is 0.500. The Labute approximate surface area is 138 Å². The summed E-state index contributed by atoms with van der Waals surface area (Å²) in [6.45, 7) is 4.91. The minimum Gasteiger partial charge on any atom is -0.467 e. The molecule has 0 bridgehead atoms. The van der Waals surface area contributed by atoms with Gasteiger partial charge in [0.25, 0.3) is 0 Å². The number of nitro benzene ring substituents is 1. The van der Waals surface area contributed by atoms with Gasteiger partial charge in [-0.3, -0.25) is 10.1 Å². The molecule has 1 atom stereocenters. The van der Waals surface area contributed by atoms with Crippen LogP contribution in [0.3, 0.4) is 0 Å². The number of nitrogens with one attached hydrogen (secondary N) is 1. The first kappa shape index (κ1) is 19.3. The molecule has 0 unspecified atom stereocenters. The van der Waals surface area contributed by atoms with E-state index in [-0.39, 0.29) is 12.0 Å². The van der Waals surface area contributed by atoms with Crippen molar-refractivity contribution in [3.63, 3.8) is 0 Å². The summed E-state index contributed by atoms with van der Waals surface area (Å²) in [7, 11) is 1.10. The molecule has 0 fully saturated rings. The summed E-state index contributed by atoms with van der Waals surface area (Å²) in [6.07, 6.45) is -1.21. The van der Waals surface area contributed by atoms with Crippen molar-refractivity contribution in [2.45, 2.75) is 38.8 Å². The number of halogens is 1. The van der Waals surface area contributed by atoms with Crippen LogP contribution in [0, 0.1) is 15.9 Å². The molecule has 132 valence electrons. The van der Waals surface area contributed by atoms with E-state index in [0.29, 0.717) is 0 Å². The van der Waals surface area contributed by atoms with E-state index in [1.807, 2.05) is 0 Å². The third-order valence-corrected chi connectivity index (χ3v) is 2.85. The highest BCUT2D eigenvalue weighted by Gasteiger charge is 2.29. The number of benzene rings is 1. The van der Waals surface area contributed by atoms with Crippen LogP contribution >= 0.6 is 0 Å². The van der Waals surface area contributed by atoms with E-state index in [1.165, 1.54) is 12.1 Å². The number of alkyl carbamates (subject to hydrolysis) is 1. The Kier molecular flexibility index (Phi) is 6.21. The van der Waals surface area contributed by atoms with Crippen LogP contribution in [0.4, 0.5) is 14.9 Å². The lowest BCUT2D eigenvalue weighted by molar-refractivity contribution is -0.388. The number of methoxy groups -OCH3 is 1. The van der Waals surface area contributed by atoms with Crippen LogP contribution in [0.1, 0.15) is 26.3 Å². The van der Waals surface area contributed by atoms with Gasteiger partial charge in [0, 0.05) is 12.0 Å². The molecule has 0 aliphatic heterocycles. The molecule has 9 heteroatoms. The van der Waals surface area contributed by atoms with Gasteiger partial charge in [-0.15, -0.1) is 0 Å². The summed E-state index contributed by atoms with van der Waals surface area (Å²) >= 11 is 0. The normalized spacial score (nSPS) is 12.2. The van der Waals surface area contributed by atoms with Crippen molar-refractivity contribution in [3.05, 3.63) is 39.7 Å². The SMILES string of the molecule is COC(=O)[C@H](Cc1cccc(F)c1[N+](=O)[O-])NC(=O)OC(C)(C)C. The van der Waals surface area contributed by atoms with E-state index in [4.69, 9.17) is 4.74 Å². The van der Waals surface area contributed by atoms with Crippen LogP contribution in [0.5, 0.6) is 0 Å². The number of esters is 1. The van der Waals surface area contributed by atoms with Gasteiger partial charge in [-0.2, -0.15) is 4.39 Å². The van der Waals surface area contributed by atoms with E-state index in [9.17, 15) is 24.1 Å². The maximum absolute atomic E-state index is 13.6. The number of hydrogen-bond donors (Lipinski definition) is 1. The first-order valence-electron chi connectivity index (χ1n) is 7.04. The fourth-order valence-electron chi connectivity index (χ4n) is 1.93. The minimum absolute atomic E-state index is 0.0496. The average Bonchev–Trinajstić information content (AvgIpc) is 2.43. The number of carbonyl (C=O) groups is 2. The fraction of sp³-hybridized carbons (Fsp3) is 0.467. The van der Waals surface area contributed by atoms with E-state index < -0.39 is 40.1 Å². The Hall–Kier alpha value is -2.71. The molecule has 0 radical (unpaired) electrons. The molecular formula is C15H19FN2O6. The zero-order valence-electron chi connectivity index (χ0n) is 13.8. The van der Waals surface area contributed by atoms with Crippen LogP contribution in [0.2, 0.25) is 0 Å². The van der Waals surface area contributed by atoms with Crippen LogP contribution in [-0.2, 0) is 20.7 Å². The molecule has 0 aliphatic carbocycles. The van der Waals surface area contributed by atoms with Gasteiger partial charge in [-0.1, -0.05) is 12.1 Å². The van der Waals surface area contributed by atoms with Crippen LogP contribution in [-0.4, -0.2) is 35.7 Å². The molecule has 0 aliphatic rings. The predicted octanol–water partition coefficient (Wildman–Crippen LogP) is 2.34. The Balaban J connectivity index is 3.04. The second kappa shape index (κ2) is 7.71. The molecule has 0 heterocycles. The number of nitro groups is 1. The first-order chi connectivity index (χ1) is 11.0. The number of amides is 1. The Bertz CT molecular complexity index is 641. The van der Waals surface area contributed by atoms with Crippen molar-refractivity contribution in [2.75, 3.05) is 7.11 Å². The summed E-state index contributed by atoms with van der Waals surface area (Å²) in [5.41, 5.74) is -1.60. The molecule has 0 aromatic heterocycles. The standard InChI is InChI=1S/C15H19FN2O6/c1-15(2,3)24-14(20)17-11(13(19)23-4)8-9-6-5-7-10(16)12(9)18(21)22/h5-7,11H,8H2,1-4H3,(H,17,20)/t11-/m0/s1. The number of para-hydroxylation sites is 1. The molecule has 1 N–H and O–H groups in total. The number of ether oxygens (including phenoxy) is 2. The molecule has 1 amide bonds. The second-order valence-corrected chi connectivity index (χ2v) is 5.93. The number of carbonyl (C=O) groups excluding carboxylic acids is 2. The Morgan fingerprint density at radius 3 is 2.50 bits per heavy atom. The van der Waals surface area contributed by atoms with Gasteiger partial charge in [0.15, 0.2) is 0 Å². The highest BCUT2D eigenvalue weighted by Crippen LogP contribution is 2.24. The van der Waals surface area contributed by atoms with Crippen molar-refractivity contribution in [1.82, 2.24) is 5.32 Å². The highest BCUT2D eigenvalue weighted by molar-refractivity contribution is 5.81. The summed E-state index contributed by atoms with van der Waals surface area (Å²) in [5.74, 6) is -1.86. The molecule has 1 aromatic carbocycles. The van der Waals surface area contributed by atoms with Gasteiger partial charge in [-0.25, -0.2) is 9.59 Å². The highest BCUT2D eigenvalue weighted by atomic mass is 19.1. The van der Waals surface area contributed by atoms with Gasteiger partial charge in [0.05, 0.1) is 12.0 Å². The average molecular weight is 342 g/mol. The molecule has 0 spiro atoms. The zero-order chi connectivity index (χ0) is 18.5. The number of hydrogen-bond acceptors (Lipinski definition) is 6. The summed E-state index contributed by atoms with van der Waals surface area (Å²) in [5, 5.41) is 13.3. The summed E-state index contributed by atoms with van der Waals surface area (Å²) in [4.78, 5) is 33.8. The second-order valence-electron chi connectivity index (χ2n) is 5.93. The summed E-state index contributed by atoms with van der Waals surface area (Å²) in [6, 6.07) is 2.26. The van der Waals surface area contributed by atoms with Gasteiger partial charge in [0.1, 0.15) is 11.6 Å². The third kappa shape index (κ3) is 5.49. The lowest BCUT2D eigenvalue weighted by atomic mass is 10.0. The number of rotatable bonds is 5. The Morgan fingerprint density at radius 2 is 2.00 bits per heavy atom. The molecule has 1 aromatic rings. The molecular weight excluding hydrogens is 323 g/mol. The number of nitrogens with zero attached hydrogens (tertiary/aromatic N) is 1. The monoisotopic (exact) mass is 342 g/mol. The lowest BCUT2D eigenvalue weighted by Gasteiger charge is -2.22. The third-order valence-electron chi connectivity index (χ3n) is 2.85. The van der Waals surface area contributed by atoms with E-state index in [0.717, 1.165) is 13.2 Å². The maximum Gasteiger partial charge on any atom is 0.408 e. The molecule has 8 nitrogen and oxygen atoms in total. The minimum atomic E-state index is -1.26. The van der Waals surface area contributed by atoms with Crippen molar-refractivity contribution in [2.24, 2.45) is 0 Å². The fourth-order valence-corrected chi connectivity index (χ4v) is 1.93. The van der Waals surface area contributed by atoms with Gasteiger partial charge >= 0.3 is 17.7 Å². The first-order valence-corrected chi connectivity index (χ1v) is 7.04. The smallest absolute Gasteiger partial charge is 0.408 e. The van der Waals surface area contributed by atoms with Crippen molar-refractivity contribution >= 4 is 17.7 Å². The molecule has 1 rings (SSSR count). The van der Waals surface area contributed by atoms with E-state index in [2.05, 4.69) is 10.1 Å².